The van der Waals surface area contributed by atoms with Crippen LogP contribution >= 0.6 is 24.0 Å². The smallest absolute Gasteiger partial charge is 0.191 e. The molecule has 2 fully saturated rings. The summed E-state index contributed by atoms with van der Waals surface area (Å²) >= 11 is 0. The van der Waals surface area contributed by atoms with Gasteiger partial charge < -0.3 is 15.4 Å². The highest BCUT2D eigenvalue weighted by molar-refractivity contribution is 14.0. The molecule has 1 aromatic carbocycles. The number of benzene rings is 1. The number of ether oxygens (including phenoxy) is 1. The van der Waals surface area contributed by atoms with Gasteiger partial charge in [0.2, 0.25) is 0 Å². The second kappa shape index (κ2) is 10.4. The number of halogens is 1. The predicted octanol–water partition coefficient (Wildman–Crippen LogP) is 3.85. The van der Waals surface area contributed by atoms with E-state index in [1.165, 1.54) is 31.2 Å². The molecule has 1 aliphatic carbocycles. The molecule has 1 aliphatic heterocycles. The molecule has 0 aromatic heterocycles. The lowest BCUT2D eigenvalue weighted by Gasteiger charge is -2.36. The number of rotatable bonds is 5. The summed E-state index contributed by atoms with van der Waals surface area (Å²) in [6.07, 6.45) is 7.29. The molecule has 0 spiro atoms. The third-order valence-electron chi connectivity index (χ3n) is 5.42. The summed E-state index contributed by atoms with van der Waals surface area (Å²) in [5.41, 5.74) is 1.51. The van der Waals surface area contributed by atoms with Crippen LogP contribution in [0.5, 0.6) is 0 Å². The summed E-state index contributed by atoms with van der Waals surface area (Å²) in [4.78, 5) is 4.99. The monoisotopic (exact) mass is 457 g/mol. The predicted molar refractivity (Wildman–Crippen MR) is 115 cm³/mol. The van der Waals surface area contributed by atoms with Crippen molar-refractivity contribution in [2.24, 2.45) is 4.99 Å². The summed E-state index contributed by atoms with van der Waals surface area (Å²) < 4.78 is 5.63. The SMILES string of the molecule is CCNC(=NCC1(c2ccccc2)CCOCC1)NC1CCCC1.I. The first-order chi connectivity index (χ1) is 11.8. The molecule has 0 atom stereocenters. The zero-order chi connectivity index (χ0) is 16.7. The third kappa shape index (κ3) is 5.58. The average molecular weight is 457 g/mol. The third-order valence-corrected chi connectivity index (χ3v) is 5.42. The topological polar surface area (TPSA) is 45.7 Å². The van der Waals surface area contributed by atoms with Gasteiger partial charge in [0.1, 0.15) is 0 Å². The van der Waals surface area contributed by atoms with Gasteiger partial charge in [-0.3, -0.25) is 4.99 Å². The minimum atomic E-state index is 0. The first-order valence-corrected chi connectivity index (χ1v) is 9.50. The van der Waals surface area contributed by atoms with Gasteiger partial charge in [0, 0.05) is 31.2 Å². The largest absolute Gasteiger partial charge is 0.381 e. The Bertz CT molecular complexity index is 523. The molecule has 1 aromatic rings. The van der Waals surface area contributed by atoms with Crippen molar-refractivity contribution < 1.29 is 4.74 Å². The van der Waals surface area contributed by atoms with E-state index in [2.05, 4.69) is 47.9 Å². The van der Waals surface area contributed by atoms with Gasteiger partial charge in [-0.05, 0) is 38.2 Å². The van der Waals surface area contributed by atoms with Crippen molar-refractivity contribution in [3.63, 3.8) is 0 Å². The van der Waals surface area contributed by atoms with Crippen LogP contribution in [0.3, 0.4) is 0 Å². The number of aliphatic imine (C=N–C) groups is 1. The van der Waals surface area contributed by atoms with Crippen LogP contribution in [-0.2, 0) is 10.2 Å². The second-order valence-corrected chi connectivity index (χ2v) is 7.08. The van der Waals surface area contributed by atoms with Crippen LogP contribution in [0, 0.1) is 0 Å². The summed E-state index contributed by atoms with van der Waals surface area (Å²) in [6.45, 7) is 5.52. The summed E-state index contributed by atoms with van der Waals surface area (Å²) in [7, 11) is 0. The molecule has 1 saturated heterocycles. The van der Waals surface area contributed by atoms with Crippen LogP contribution in [0.4, 0.5) is 0 Å². The van der Waals surface area contributed by atoms with E-state index in [4.69, 9.17) is 9.73 Å². The van der Waals surface area contributed by atoms with Crippen LogP contribution in [0.2, 0.25) is 0 Å². The van der Waals surface area contributed by atoms with Crippen LogP contribution < -0.4 is 10.6 Å². The van der Waals surface area contributed by atoms with Crippen molar-refractivity contribution in [2.75, 3.05) is 26.3 Å². The number of hydrogen-bond acceptors (Lipinski definition) is 2. The number of nitrogens with one attached hydrogen (secondary N) is 2. The lowest BCUT2D eigenvalue weighted by atomic mass is 9.74. The van der Waals surface area contributed by atoms with Crippen LogP contribution in [0.1, 0.15) is 51.0 Å². The zero-order valence-corrected chi connectivity index (χ0v) is 17.6. The van der Waals surface area contributed by atoms with E-state index in [0.717, 1.165) is 45.1 Å². The Morgan fingerprint density at radius 2 is 1.84 bits per heavy atom. The first-order valence-electron chi connectivity index (χ1n) is 9.50. The highest BCUT2D eigenvalue weighted by atomic mass is 127. The summed E-state index contributed by atoms with van der Waals surface area (Å²) in [5.74, 6) is 0.978. The van der Waals surface area contributed by atoms with Gasteiger partial charge in [0.15, 0.2) is 5.96 Å². The summed E-state index contributed by atoms with van der Waals surface area (Å²) in [5, 5.41) is 7.06. The minimum Gasteiger partial charge on any atom is -0.381 e. The van der Waals surface area contributed by atoms with Crippen molar-refractivity contribution in [3.8, 4) is 0 Å². The van der Waals surface area contributed by atoms with E-state index in [-0.39, 0.29) is 29.4 Å². The first kappa shape index (κ1) is 20.5. The second-order valence-electron chi connectivity index (χ2n) is 7.08. The highest BCUT2D eigenvalue weighted by Crippen LogP contribution is 2.35. The summed E-state index contributed by atoms with van der Waals surface area (Å²) in [6, 6.07) is 11.4. The Hall–Kier alpha value is -0.820. The zero-order valence-electron chi connectivity index (χ0n) is 15.3. The molecule has 25 heavy (non-hydrogen) atoms. The van der Waals surface area contributed by atoms with Crippen molar-refractivity contribution in [1.82, 2.24) is 10.6 Å². The number of hydrogen-bond donors (Lipinski definition) is 2. The Kier molecular flexibility index (Phi) is 8.49. The van der Waals surface area contributed by atoms with Gasteiger partial charge in [-0.1, -0.05) is 43.2 Å². The molecule has 0 amide bonds. The van der Waals surface area contributed by atoms with Gasteiger partial charge in [-0.15, -0.1) is 24.0 Å². The molecule has 3 rings (SSSR count). The van der Waals surface area contributed by atoms with Crippen molar-refractivity contribution >= 4 is 29.9 Å². The molecule has 4 nitrogen and oxygen atoms in total. The quantitative estimate of drug-likeness (QED) is 0.401. The van der Waals surface area contributed by atoms with Crippen molar-refractivity contribution in [1.29, 1.82) is 0 Å². The lowest BCUT2D eigenvalue weighted by molar-refractivity contribution is 0.0531. The Labute approximate surface area is 169 Å². The molecule has 0 bridgehead atoms. The maximum absolute atomic E-state index is 5.63. The minimum absolute atomic E-state index is 0. The molecule has 140 valence electrons. The fraction of sp³-hybridized carbons (Fsp3) is 0.650. The molecule has 1 heterocycles. The number of nitrogens with zero attached hydrogens (tertiary/aromatic N) is 1. The van der Waals surface area contributed by atoms with Gasteiger partial charge in [0.25, 0.3) is 0 Å². The van der Waals surface area contributed by atoms with Crippen molar-refractivity contribution in [3.05, 3.63) is 35.9 Å². The molecule has 0 radical (unpaired) electrons. The van der Waals surface area contributed by atoms with E-state index >= 15 is 0 Å². The highest BCUT2D eigenvalue weighted by Gasteiger charge is 2.34. The molecule has 5 heteroatoms. The lowest BCUT2D eigenvalue weighted by Crippen LogP contribution is -2.44. The van der Waals surface area contributed by atoms with E-state index in [1.807, 2.05) is 0 Å². The molecule has 0 unspecified atom stereocenters. The molecule has 2 aliphatic rings. The van der Waals surface area contributed by atoms with Crippen molar-refractivity contribution in [2.45, 2.75) is 56.9 Å². The average Bonchev–Trinajstić information content (AvgIpc) is 3.15. The van der Waals surface area contributed by atoms with E-state index < -0.39 is 0 Å². The van der Waals surface area contributed by atoms with Crippen LogP contribution in [0.25, 0.3) is 0 Å². The number of guanidine groups is 1. The van der Waals surface area contributed by atoms with Gasteiger partial charge in [-0.2, -0.15) is 0 Å². The maximum Gasteiger partial charge on any atom is 0.191 e. The maximum atomic E-state index is 5.63. The van der Waals surface area contributed by atoms with Crippen LogP contribution in [0.15, 0.2) is 35.3 Å². The fourth-order valence-electron chi connectivity index (χ4n) is 3.91. The normalized spacial score (nSPS) is 20.8. The Balaban J connectivity index is 0.00000225. The molecular formula is C20H32IN3O. The Morgan fingerprint density at radius 3 is 2.48 bits per heavy atom. The Morgan fingerprint density at radius 1 is 1.16 bits per heavy atom. The van der Waals surface area contributed by atoms with Gasteiger partial charge >= 0.3 is 0 Å². The van der Waals surface area contributed by atoms with E-state index in [9.17, 15) is 0 Å². The van der Waals surface area contributed by atoms with Gasteiger partial charge in [-0.25, -0.2) is 0 Å². The van der Waals surface area contributed by atoms with Crippen LogP contribution in [-0.4, -0.2) is 38.3 Å². The standard InChI is InChI=1S/C20H31N3O.HI/c1-2-21-19(23-18-10-6-7-11-18)22-16-20(12-14-24-15-13-20)17-8-4-3-5-9-17;/h3-5,8-9,18H,2,6-7,10-16H2,1H3,(H2,21,22,23);1H. The van der Waals surface area contributed by atoms with E-state index in [1.54, 1.807) is 0 Å². The molecule has 2 N–H and O–H groups in total. The fourth-order valence-corrected chi connectivity index (χ4v) is 3.91. The molecular weight excluding hydrogens is 425 g/mol. The molecule has 1 saturated carbocycles. The van der Waals surface area contributed by atoms with Gasteiger partial charge in [0.05, 0.1) is 6.54 Å². The van der Waals surface area contributed by atoms with E-state index in [0.29, 0.717) is 6.04 Å².